The van der Waals surface area contributed by atoms with E-state index in [1.54, 1.807) is 31.2 Å². The smallest absolute Gasteiger partial charge is 0.331 e. The summed E-state index contributed by atoms with van der Waals surface area (Å²) >= 11 is 3.34. The van der Waals surface area contributed by atoms with E-state index in [1.807, 2.05) is 6.92 Å². The second-order valence-corrected chi connectivity index (χ2v) is 10.6. The lowest BCUT2D eigenvalue weighted by molar-refractivity contribution is -0.143. The number of halogens is 1. The Morgan fingerprint density at radius 2 is 1.91 bits per heavy atom. The minimum atomic E-state index is -3.55. The van der Waals surface area contributed by atoms with Gasteiger partial charge in [0.1, 0.15) is 16.4 Å². The van der Waals surface area contributed by atoms with Crippen molar-refractivity contribution in [3.05, 3.63) is 51.0 Å². The van der Waals surface area contributed by atoms with Crippen molar-refractivity contribution in [2.45, 2.75) is 26.4 Å². The normalized spacial score (nSPS) is 12.5. The Balaban J connectivity index is 2.29. The third-order valence-corrected chi connectivity index (χ3v) is 6.36. The van der Waals surface area contributed by atoms with Gasteiger partial charge in [0.05, 0.1) is 37.6 Å². The lowest BCUT2D eigenvalue weighted by Crippen LogP contribution is -2.33. The van der Waals surface area contributed by atoms with E-state index in [9.17, 15) is 18.0 Å². The maximum absolute atomic E-state index is 13.6. The van der Waals surface area contributed by atoms with Crippen LogP contribution in [0.2, 0.25) is 0 Å². The van der Waals surface area contributed by atoms with E-state index < -0.39 is 27.5 Å². The third kappa shape index (κ3) is 5.61. The van der Waals surface area contributed by atoms with Gasteiger partial charge < -0.3 is 14.2 Å². The maximum atomic E-state index is 13.6. The van der Waals surface area contributed by atoms with Crippen LogP contribution in [-0.4, -0.2) is 60.8 Å². The number of methoxy groups -OCH3 is 1. The number of carbonyl (C=O) groups is 1. The summed E-state index contributed by atoms with van der Waals surface area (Å²) < 4.78 is 43.9. The molecule has 0 saturated carbocycles. The number of benzene rings is 1. The van der Waals surface area contributed by atoms with Crippen LogP contribution < -0.4 is 15.2 Å². The molecule has 1 atom stereocenters. The fourth-order valence-electron chi connectivity index (χ4n) is 3.67. The van der Waals surface area contributed by atoms with E-state index >= 15 is 0 Å². The van der Waals surface area contributed by atoms with Gasteiger partial charge in [0, 0.05) is 16.9 Å². The minimum Gasteiger partial charge on any atom is -0.493 e. The summed E-state index contributed by atoms with van der Waals surface area (Å²) in [6, 6.07) is 5.70. The molecule has 0 aliphatic heterocycles. The predicted molar refractivity (Wildman–Crippen MR) is 130 cm³/mol. The fraction of sp³-hybridized carbons (Fsp3) is 0.409. The average molecular weight is 556 g/mol. The number of carbonyl (C=O) groups excluding carboxylic acids is 1. The zero-order valence-electron chi connectivity index (χ0n) is 19.3. The number of aromatic nitrogens is 3. The molecule has 2 aromatic heterocycles. The highest BCUT2D eigenvalue weighted by Crippen LogP contribution is 2.33. The summed E-state index contributed by atoms with van der Waals surface area (Å²) in [5.41, 5.74) is 0.525. The molecule has 12 heteroatoms. The number of rotatable bonds is 10. The molecule has 0 N–H and O–H groups in total. The maximum Gasteiger partial charge on any atom is 0.331 e. The first kappa shape index (κ1) is 25.8. The average Bonchev–Trinajstić information content (AvgIpc) is 3.02. The summed E-state index contributed by atoms with van der Waals surface area (Å²) in [5.74, 6) is -0.0737. The summed E-state index contributed by atoms with van der Waals surface area (Å²) in [7, 11) is -2.05. The standard InChI is InChI=1S/C22H26BrN3O7S/c1-5-32-19-9-14(7-8-18(19)31-3)17(13-34(4,29)30)26-21-16(10-15(23)11-24-21)25(22(26)28)12-20(27)33-6-2/h7-11,17H,5-6,12-13H2,1-4H3/t17-/m1/s1. The number of esters is 1. The van der Waals surface area contributed by atoms with Gasteiger partial charge in [-0.1, -0.05) is 6.07 Å². The number of ether oxygens (including phenoxy) is 3. The Kier molecular flexibility index (Phi) is 8.03. The Labute approximate surface area is 205 Å². The van der Waals surface area contributed by atoms with Gasteiger partial charge in [-0.3, -0.25) is 13.9 Å². The van der Waals surface area contributed by atoms with Gasteiger partial charge in [0.15, 0.2) is 17.1 Å². The molecule has 0 spiro atoms. The van der Waals surface area contributed by atoms with Gasteiger partial charge >= 0.3 is 11.7 Å². The first-order valence-corrected chi connectivity index (χ1v) is 13.3. The Morgan fingerprint density at radius 3 is 2.53 bits per heavy atom. The highest BCUT2D eigenvalue weighted by Gasteiger charge is 2.28. The van der Waals surface area contributed by atoms with Crippen LogP contribution >= 0.6 is 15.9 Å². The van der Waals surface area contributed by atoms with Crippen molar-refractivity contribution >= 4 is 42.9 Å². The molecule has 3 aromatic rings. The van der Waals surface area contributed by atoms with Crippen LogP contribution in [0.25, 0.3) is 11.2 Å². The SMILES string of the molecule is CCOC(=O)Cn1c(=O)n([C@H](CS(C)(=O)=O)c2ccc(OC)c(OCC)c2)c2ncc(Br)cc21. The zero-order valence-corrected chi connectivity index (χ0v) is 21.7. The number of sulfone groups is 1. The second kappa shape index (κ2) is 10.6. The molecule has 0 unspecified atom stereocenters. The van der Waals surface area contributed by atoms with Crippen molar-refractivity contribution < 1.29 is 27.4 Å². The molecule has 0 aliphatic rings. The highest BCUT2D eigenvalue weighted by molar-refractivity contribution is 9.10. The first-order valence-electron chi connectivity index (χ1n) is 10.5. The molecule has 0 fully saturated rings. The van der Waals surface area contributed by atoms with Crippen LogP contribution in [-0.2, 0) is 25.9 Å². The van der Waals surface area contributed by atoms with Crippen molar-refractivity contribution in [2.75, 3.05) is 32.3 Å². The molecule has 0 radical (unpaired) electrons. The molecule has 0 saturated heterocycles. The Hall–Kier alpha value is -2.86. The number of fused-ring (bicyclic) bond motifs is 1. The number of imidazole rings is 1. The predicted octanol–water partition coefficient (Wildman–Crippen LogP) is 2.56. The molecular formula is C22H26BrN3O7S. The van der Waals surface area contributed by atoms with Crippen LogP contribution in [0.4, 0.5) is 0 Å². The summed E-state index contributed by atoms with van der Waals surface area (Å²) in [4.78, 5) is 30.2. The molecule has 0 bridgehead atoms. The number of pyridine rings is 1. The van der Waals surface area contributed by atoms with Gasteiger partial charge in [0.2, 0.25) is 0 Å². The number of nitrogens with zero attached hydrogens (tertiary/aromatic N) is 3. The molecule has 0 amide bonds. The topological polar surface area (TPSA) is 119 Å². The van der Waals surface area contributed by atoms with Crippen LogP contribution in [0.5, 0.6) is 11.5 Å². The molecule has 1 aromatic carbocycles. The number of hydrogen-bond acceptors (Lipinski definition) is 8. The van der Waals surface area contributed by atoms with Crippen LogP contribution in [0.1, 0.15) is 25.5 Å². The van der Waals surface area contributed by atoms with E-state index in [0.29, 0.717) is 33.7 Å². The van der Waals surface area contributed by atoms with Crippen molar-refractivity contribution in [2.24, 2.45) is 0 Å². The number of hydrogen-bond donors (Lipinski definition) is 0. The van der Waals surface area contributed by atoms with Gasteiger partial charge in [-0.25, -0.2) is 18.2 Å². The minimum absolute atomic E-state index is 0.164. The molecule has 2 heterocycles. The molecule has 34 heavy (non-hydrogen) atoms. The summed E-state index contributed by atoms with van der Waals surface area (Å²) in [6.45, 7) is 3.67. The van der Waals surface area contributed by atoms with Crippen molar-refractivity contribution in [3.8, 4) is 11.5 Å². The van der Waals surface area contributed by atoms with Crippen LogP contribution in [0, 0.1) is 0 Å². The van der Waals surface area contributed by atoms with Gasteiger partial charge in [-0.15, -0.1) is 0 Å². The van der Waals surface area contributed by atoms with Gasteiger partial charge in [0.25, 0.3) is 0 Å². The van der Waals surface area contributed by atoms with E-state index in [4.69, 9.17) is 14.2 Å². The summed E-state index contributed by atoms with van der Waals surface area (Å²) in [6.07, 6.45) is 2.60. The lowest BCUT2D eigenvalue weighted by Gasteiger charge is -2.20. The molecule has 10 nitrogen and oxygen atoms in total. The van der Waals surface area contributed by atoms with Gasteiger partial charge in [-0.05, 0) is 53.5 Å². The summed E-state index contributed by atoms with van der Waals surface area (Å²) in [5, 5.41) is 0. The highest BCUT2D eigenvalue weighted by atomic mass is 79.9. The van der Waals surface area contributed by atoms with Crippen molar-refractivity contribution in [3.63, 3.8) is 0 Å². The molecular weight excluding hydrogens is 530 g/mol. The van der Waals surface area contributed by atoms with E-state index in [2.05, 4.69) is 20.9 Å². The molecule has 0 aliphatic carbocycles. The fourth-order valence-corrected chi connectivity index (χ4v) is 4.91. The van der Waals surface area contributed by atoms with Crippen LogP contribution in [0.3, 0.4) is 0 Å². The quantitative estimate of drug-likeness (QED) is 0.350. The van der Waals surface area contributed by atoms with Crippen molar-refractivity contribution in [1.29, 1.82) is 0 Å². The zero-order chi connectivity index (χ0) is 25.0. The van der Waals surface area contributed by atoms with Crippen LogP contribution in [0.15, 0.2) is 39.7 Å². The van der Waals surface area contributed by atoms with Gasteiger partial charge in [-0.2, -0.15) is 0 Å². The van der Waals surface area contributed by atoms with E-state index in [0.717, 1.165) is 6.26 Å². The van der Waals surface area contributed by atoms with E-state index in [1.165, 1.54) is 22.4 Å². The Bertz CT molecular complexity index is 1360. The lowest BCUT2D eigenvalue weighted by atomic mass is 10.1. The largest absolute Gasteiger partial charge is 0.493 e. The van der Waals surface area contributed by atoms with E-state index in [-0.39, 0.29) is 24.6 Å². The molecule has 3 rings (SSSR count). The van der Waals surface area contributed by atoms with Crippen molar-refractivity contribution in [1.82, 2.24) is 14.1 Å². The Morgan fingerprint density at radius 1 is 1.18 bits per heavy atom. The second-order valence-electron chi connectivity index (χ2n) is 7.49. The molecule has 184 valence electrons. The third-order valence-electron chi connectivity index (χ3n) is 5.01. The monoisotopic (exact) mass is 555 g/mol. The first-order chi connectivity index (χ1) is 16.1.